The van der Waals surface area contributed by atoms with Crippen molar-refractivity contribution >= 4 is 29.7 Å². The van der Waals surface area contributed by atoms with Crippen molar-refractivity contribution < 1.29 is 17.6 Å². The van der Waals surface area contributed by atoms with E-state index in [1.165, 1.54) is 0 Å². The molecule has 1 rings (SSSR count). The SMILES string of the molecule is Cl.Nc1ccc(C(F)(F)C(F)(F)Cl)cc1. The first kappa shape index (κ1) is 14.3. The molecule has 1 aromatic rings. The van der Waals surface area contributed by atoms with Gasteiger partial charge < -0.3 is 5.73 Å². The molecule has 7 heteroatoms. The number of hydrogen-bond donors (Lipinski definition) is 1. The second-order valence-electron chi connectivity index (χ2n) is 2.69. The van der Waals surface area contributed by atoms with Crippen LogP contribution in [0.2, 0.25) is 0 Å². The number of nitrogens with two attached hydrogens (primary N) is 1. The zero-order chi connectivity index (χ0) is 11.0. The summed E-state index contributed by atoms with van der Waals surface area (Å²) in [6.07, 6.45) is 0. The van der Waals surface area contributed by atoms with Crippen molar-refractivity contribution in [1.29, 1.82) is 0 Å². The van der Waals surface area contributed by atoms with E-state index in [2.05, 4.69) is 11.6 Å². The van der Waals surface area contributed by atoms with Gasteiger partial charge in [0.1, 0.15) is 0 Å². The number of halogens is 6. The number of rotatable bonds is 2. The molecule has 0 aromatic heterocycles. The van der Waals surface area contributed by atoms with Crippen molar-refractivity contribution in [2.75, 3.05) is 5.73 Å². The lowest BCUT2D eigenvalue weighted by molar-refractivity contribution is -0.164. The first-order valence-corrected chi connectivity index (χ1v) is 3.93. The van der Waals surface area contributed by atoms with E-state index in [0.29, 0.717) is 0 Å². The molecular weight excluding hydrogens is 257 g/mol. The van der Waals surface area contributed by atoms with Crippen molar-refractivity contribution in [3.63, 3.8) is 0 Å². The average Bonchev–Trinajstić information content (AvgIpc) is 2.03. The van der Waals surface area contributed by atoms with Gasteiger partial charge >= 0.3 is 11.3 Å². The maximum absolute atomic E-state index is 12.9. The van der Waals surface area contributed by atoms with Crippen LogP contribution in [0.5, 0.6) is 0 Å². The van der Waals surface area contributed by atoms with Crippen LogP contribution in [0.25, 0.3) is 0 Å². The van der Waals surface area contributed by atoms with Gasteiger partial charge in [0, 0.05) is 11.3 Å². The summed E-state index contributed by atoms with van der Waals surface area (Å²) in [4.78, 5) is 0. The lowest BCUT2D eigenvalue weighted by Gasteiger charge is -2.21. The Morgan fingerprint density at radius 2 is 1.40 bits per heavy atom. The lowest BCUT2D eigenvalue weighted by Crippen LogP contribution is -2.32. The molecule has 0 aliphatic carbocycles. The Hall–Kier alpha value is -0.680. The second-order valence-corrected chi connectivity index (χ2v) is 3.17. The van der Waals surface area contributed by atoms with Gasteiger partial charge in [-0.2, -0.15) is 17.6 Å². The van der Waals surface area contributed by atoms with Crippen molar-refractivity contribution in [2.45, 2.75) is 11.3 Å². The van der Waals surface area contributed by atoms with E-state index in [4.69, 9.17) is 5.73 Å². The molecule has 86 valence electrons. The van der Waals surface area contributed by atoms with Crippen molar-refractivity contribution in [1.82, 2.24) is 0 Å². The minimum Gasteiger partial charge on any atom is -0.399 e. The molecule has 0 amide bonds. The third kappa shape index (κ3) is 2.89. The molecule has 0 fully saturated rings. The van der Waals surface area contributed by atoms with Crippen LogP contribution < -0.4 is 5.73 Å². The summed E-state index contributed by atoms with van der Waals surface area (Å²) in [5.74, 6) is -4.40. The summed E-state index contributed by atoms with van der Waals surface area (Å²) in [5, 5.41) is -4.61. The van der Waals surface area contributed by atoms with E-state index < -0.39 is 16.9 Å². The molecular formula is C8H7Cl2F4N. The second kappa shape index (κ2) is 4.45. The molecule has 0 aliphatic heterocycles. The van der Waals surface area contributed by atoms with Gasteiger partial charge in [-0.1, -0.05) is 12.1 Å². The quantitative estimate of drug-likeness (QED) is 0.493. The molecule has 0 saturated heterocycles. The number of hydrogen-bond acceptors (Lipinski definition) is 1. The molecule has 0 atom stereocenters. The molecule has 1 aromatic carbocycles. The molecule has 15 heavy (non-hydrogen) atoms. The van der Waals surface area contributed by atoms with Crippen molar-refractivity contribution in [2.24, 2.45) is 0 Å². The molecule has 0 aliphatic rings. The van der Waals surface area contributed by atoms with Gasteiger partial charge in [-0.15, -0.1) is 12.4 Å². The Labute approximate surface area is 94.6 Å². The first-order chi connectivity index (χ1) is 6.25. The Morgan fingerprint density at radius 1 is 1.00 bits per heavy atom. The summed E-state index contributed by atoms with van der Waals surface area (Å²) in [6, 6.07) is 3.83. The Bertz CT molecular complexity index is 320. The fraction of sp³-hybridized carbons (Fsp3) is 0.250. The highest BCUT2D eigenvalue weighted by Crippen LogP contribution is 2.45. The van der Waals surface area contributed by atoms with E-state index in [-0.39, 0.29) is 18.1 Å². The summed E-state index contributed by atoms with van der Waals surface area (Å²) >= 11 is 4.28. The van der Waals surface area contributed by atoms with Gasteiger partial charge in [-0.25, -0.2) is 0 Å². The summed E-state index contributed by atoms with van der Waals surface area (Å²) in [5.41, 5.74) is 4.56. The predicted molar refractivity (Wildman–Crippen MR) is 52.8 cm³/mol. The van der Waals surface area contributed by atoms with Gasteiger partial charge in [-0.05, 0) is 23.7 Å². The Morgan fingerprint density at radius 3 is 1.73 bits per heavy atom. The van der Waals surface area contributed by atoms with Crippen LogP contribution in [0, 0.1) is 0 Å². The monoisotopic (exact) mass is 263 g/mol. The van der Waals surface area contributed by atoms with Crippen molar-refractivity contribution in [3.05, 3.63) is 29.8 Å². The van der Waals surface area contributed by atoms with Gasteiger partial charge in [-0.3, -0.25) is 0 Å². The number of alkyl halides is 5. The molecule has 0 saturated carbocycles. The topological polar surface area (TPSA) is 26.0 Å². The molecule has 0 radical (unpaired) electrons. The highest BCUT2D eigenvalue weighted by molar-refractivity contribution is 6.22. The number of benzene rings is 1. The van der Waals surface area contributed by atoms with Gasteiger partial charge in [0.15, 0.2) is 0 Å². The third-order valence-electron chi connectivity index (χ3n) is 1.63. The first-order valence-electron chi connectivity index (χ1n) is 3.55. The lowest BCUT2D eigenvalue weighted by atomic mass is 10.1. The summed E-state index contributed by atoms with van der Waals surface area (Å²) < 4.78 is 50.3. The number of anilines is 1. The van der Waals surface area contributed by atoms with Crippen LogP contribution in [0.1, 0.15) is 5.56 Å². The van der Waals surface area contributed by atoms with Crippen LogP contribution in [-0.4, -0.2) is 5.38 Å². The normalized spacial score (nSPS) is 12.1. The highest BCUT2D eigenvalue weighted by atomic mass is 35.5. The maximum Gasteiger partial charge on any atom is 0.388 e. The fourth-order valence-corrected chi connectivity index (χ4v) is 0.965. The largest absolute Gasteiger partial charge is 0.399 e. The van der Waals surface area contributed by atoms with Crippen LogP contribution in [-0.2, 0) is 5.92 Å². The molecule has 0 spiro atoms. The van der Waals surface area contributed by atoms with Crippen molar-refractivity contribution in [3.8, 4) is 0 Å². The van der Waals surface area contributed by atoms with E-state index >= 15 is 0 Å². The number of nitrogen functional groups attached to an aromatic ring is 1. The Balaban J connectivity index is 0.00000196. The molecule has 0 bridgehead atoms. The zero-order valence-electron chi connectivity index (χ0n) is 7.18. The minimum atomic E-state index is -4.61. The highest BCUT2D eigenvalue weighted by Gasteiger charge is 2.56. The summed E-state index contributed by atoms with van der Waals surface area (Å²) in [6.45, 7) is 0. The Kier molecular flexibility index (Phi) is 4.25. The predicted octanol–water partition coefficient (Wildman–Crippen LogP) is 3.61. The van der Waals surface area contributed by atoms with Crippen LogP contribution >= 0.6 is 24.0 Å². The molecule has 2 N–H and O–H groups in total. The van der Waals surface area contributed by atoms with Gasteiger partial charge in [0.2, 0.25) is 0 Å². The van der Waals surface area contributed by atoms with E-state index in [0.717, 1.165) is 24.3 Å². The van der Waals surface area contributed by atoms with Gasteiger partial charge in [0.25, 0.3) is 0 Å². The van der Waals surface area contributed by atoms with E-state index in [1.54, 1.807) is 0 Å². The summed E-state index contributed by atoms with van der Waals surface area (Å²) in [7, 11) is 0. The molecule has 0 heterocycles. The zero-order valence-corrected chi connectivity index (χ0v) is 8.76. The smallest absolute Gasteiger partial charge is 0.388 e. The third-order valence-corrected chi connectivity index (χ3v) is 1.87. The average molecular weight is 264 g/mol. The van der Waals surface area contributed by atoms with E-state index in [9.17, 15) is 17.6 Å². The maximum atomic E-state index is 12.9. The van der Waals surface area contributed by atoms with Crippen LogP contribution in [0.15, 0.2) is 24.3 Å². The molecule has 0 unspecified atom stereocenters. The van der Waals surface area contributed by atoms with Crippen LogP contribution in [0.3, 0.4) is 0 Å². The molecule has 1 nitrogen and oxygen atoms in total. The fourth-order valence-electron chi connectivity index (χ4n) is 0.856. The van der Waals surface area contributed by atoms with Crippen LogP contribution in [0.4, 0.5) is 23.2 Å². The standard InChI is InChI=1S/C8H6ClF4N.ClH/c9-8(12,13)7(10,11)5-1-3-6(14)4-2-5;/h1-4H,14H2;1H. The minimum absolute atomic E-state index is 0. The van der Waals surface area contributed by atoms with E-state index in [1.807, 2.05) is 0 Å². The van der Waals surface area contributed by atoms with Gasteiger partial charge in [0.05, 0.1) is 0 Å².